The van der Waals surface area contributed by atoms with E-state index in [-0.39, 0.29) is 24.4 Å². The number of nitriles is 1. The second kappa shape index (κ2) is 5.37. The van der Waals surface area contributed by atoms with Crippen molar-refractivity contribution in [3.05, 3.63) is 23.0 Å². The second-order valence-corrected chi connectivity index (χ2v) is 3.03. The highest BCUT2D eigenvalue weighted by atomic mass is 19.3. The summed E-state index contributed by atoms with van der Waals surface area (Å²) >= 11 is 0. The molecule has 1 rings (SSSR count). The van der Waals surface area contributed by atoms with E-state index in [0.717, 1.165) is 0 Å². The molecule has 1 aromatic rings. The third-order valence-electron chi connectivity index (χ3n) is 2.02. The van der Waals surface area contributed by atoms with Crippen molar-refractivity contribution in [3.8, 4) is 11.8 Å². The van der Waals surface area contributed by atoms with Gasteiger partial charge in [0.2, 0.25) is 0 Å². The predicted molar refractivity (Wildman–Crippen MR) is 53.0 cm³/mol. The van der Waals surface area contributed by atoms with Gasteiger partial charge in [0.1, 0.15) is 5.69 Å². The molecule has 0 aliphatic heterocycles. The lowest BCUT2D eigenvalue weighted by Crippen LogP contribution is -2.07. The van der Waals surface area contributed by atoms with Crippen molar-refractivity contribution < 1.29 is 13.5 Å². The molecule has 0 aromatic carbocycles. The van der Waals surface area contributed by atoms with Crippen LogP contribution in [-0.2, 0) is 13.0 Å². The molecule has 4 nitrogen and oxygen atoms in total. The van der Waals surface area contributed by atoms with Crippen LogP contribution in [0.3, 0.4) is 0 Å². The summed E-state index contributed by atoms with van der Waals surface area (Å²) in [6.45, 7) is 0.0594. The first-order chi connectivity index (χ1) is 7.63. The van der Waals surface area contributed by atoms with Crippen LogP contribution in [0.25, 0.3) is 0 Å². The molecule has 6 heteroatoms. The summed E-state index contributed by atoms with van der Waals surface area (Å²) in [7, 11) is 1.28. The maximum absolute atomic E-state index is 12.7. The minimum absolute atomic E-state index is 0.000750. The normalized spacial score (nSPS) is 10.2. The number of rotatable bonds is 4. The molecule has 0 unspecified atom stereocenters. The predicted octanol–water partition coefficient (Wildman–Crippen LogP) is 1.55. The van der Waals surface area contributed by atoms with E-state index in [0.29, 0.717) is 5.56 Å². The smallest absolute Gasteiger partial charge is 0.284 e. The van der Waals surface area contributed by atoms with Crippen molar-refractivity contribution in [3.63, 3.8) is 0 Å². The summed E-state index contributed by atoms with van der Waals surface area (Å²) in [5, 5.41) is 8.50. The Morgan fingerprint density at radius 2 is 2.31 bits per heavy atom. The fraction of sp³-hybridized carbons (Fsp3) is 0.400. The summed E-state index contributed by atoms with van der Waals surface area (Å²) in [5.41, 5.74) is 5.67. The van der Waals surface area contributed by atoms with Crippen LogP contribution in [-0.4, -0.2) is 12.1 Å². The Bertz CT molecular complexity index is 415. The molecule has 2 N–H and O–H groups in total. The minimum atomic E-state index is -2.75. The summed E-state index contributed by atoms with van der Waals surface area (Å²) in [6, 6.07) is 3.36. The lowest BCUT2D eigenvalue weighted by atomic mass is 10.1. The lowest BCUT2D eigenvalue weighted by Gasteiger charge is -2.12. The molecule has 0 radical (unpaired) electrons. The highest BCUT2D eigenvalue weighted by molar-refractivity contribution is 5.40. The topological polar surface area (TPSA) is 71.9 Å². The van der Waals surface area contributed by atoms with E-state index in [9.17, 15) is 8.78 Å². The zero-order valence-electron chi connectivity index (χ0n) is 8.70. The molecule has 1 aromatic heterocycles. The third-order valence-corrected chi connectivity index (χ3v) is 2.02. The Morgan fingerprint density at radius 1 is 1.62 bits per heavy atom. The standard InChI is InChI=1S/C10H11F2N3O/c1-16-9-6(5-14)4-7(2-3-13)15-8(9)10(11)12/h4,10H,2,5,14H2,1H3. The van der Waals surface area contributed by atoms with Gasteiger partial charge in [-0.2, -0.15) is 5.26 Å². The van der Waals surface area contributed by atoms with Crippen molar-refractivity contribution in [2.24, 2.45) is 5.73 Å². The number of hydrogen-bond donors (Lipinski definition) is 1. The number of alkyl halides is 2. The summed E-state index contributed by atoms with van der Waals surface area (Å²) < 4.78 is 30.2. The van der Waals surface area contributed by atoms with Crippen LogP contribution in [0.5, 0.6) is 5.75 Å². The van der Waals surface area contributed by atoms with Gasteiger partial charge in [0, 0.05) is 12.1 Å². The summed E-state index contributed by atoms with van der Waals surface area (Å²) in [6.07, 6.45) is -2.78. The Labute approximate surface area is 91.7 Å². The largest absolute Gasteiger partial charge is 0.494 e. The molecule has 86 valence electrons. The van der Waals surface area contributed by atoms with Gasteiger partial charge in [-0.3, -0.25) is 0 Å². The van der Waals surface area contributed by atoms with Crippen LogP contribution >= 0.6 is 0 Å². The van der Waals surface area contributed by atoms with Gasteiger partial charge in [-0.1, -0.05) is 0 Å². The van der Waals surface area contributed by atoms with Gasteiger partial charge in [0.15, 0.2) is 5.75 Å². The van der Waals surface area contributed by atoms with Crippen molar-refractivity contribution >= 4 is 0 Å². The maximum Gasteiger partial charge on any atom is 0.284 e. The van der Waals surface area contributed by atoms with E-state index in [1.54, 1.807) is 0 Å². The summed E-state index contributed by atoms with van der Waals surface area (Å²) in [5.74, 6) is -0.000750. The first-order valence-corrected chi connectivity index (χ1v) is 4.55. The van der Waals surface area contributed by atoms with Crippen LogP contribution in [0.4, 0.5) is 8.78 Å². The number of nitrogens with two attached hydrogens (primary N) is 1. The molecule has 0 aliphatic rings. The number of methoxy groups -OCH3 is 1. The Kier molecular flexibility index (Phi) is 4.14. The number of aromatic nitrogens is 1. The fourth-order valence-electron chi connectivity index (χ4n) is 1.38. The minimum Gasteiger partial charge on any atom is -0.494 e. The number of ether oxygens (including phenoxy) is 1. The van der Waals surface area contributed by atoms with Gasteiger partial charge in [-0.15, -0.1) is 0 Å². The average Bonchev–Trinajstić information content (AvgIpc) is 2.28. The molecule has 0 fully saturated rings. The van der Waals surface area contributed by atoms with Crippen LogP contribution in [0.15, 0.2) is 6.07 Å². The molecule has 0 bridgehead atoms. The molecule has 16 heavy (non-hydrogen) atoms. The van der Waals surface area contributed by atoms with E-state index in [1.807, 2.05) is 6.07 Å². The molecular formula is C10H11F2N3O. The van der Waals surface area contributed by atoms with E-state index >= 15 is 0 Å². The highest BCUT2D eigenvalue weighted by Crippen LogP contribution is 2.30. The zero-order valence-corrected chi connectivity index (χ0v) is 8.70. The number of hydrogen-bond acceptors (Lipinski definition) is 4. The quantitative estimate of drug-likeness (QED) is 0.847. The number of pyridine rings is 1. The van der Waals surface area contributed by atoms with Crippen molar-refractivity contribution in [1.29, 1.82) is 5.26 Å². The van der Waals surface area contributed by atoms with E-state index < -0.39 is 12.1 Å². The van der Waals surface area contributed by atoms with E-state index in [4.69, 9.17) is 15.7 Å². The molecule has 0 amide bonds. The van der Waals surface area contributed by atoms with Gasteiger partial charge in [-0.05, 0) is 6.07 Å². The molecule has 1 heterocycles. The monoisotopic (exact) mass is 227 g/mol. The average molecular weight is 227 g/mol. The van der Waals surface area contributed by atoms with Crippen molar-refractivity contribution in [2.75, 3.05) is 7.11 Å². The van der Waals surface area contributed by atoms with Gasteiger partial charge in [0.25, 0.3) is 6.43 Å². The molecular weight excluding hydrogens is 216 g/mol. The van der Waals surface area contributed by atoms with Gasteiger partial charge < -0.3 is 10.5 Å². The molecule has 0 spiro atoms. The van der Waals surface area contributed by atoms with Gasteiger partial charge >= 0.3 is 0 Å². The van der Waals surface area contributed by atoms with Gasteiger partial charge in [0.05, 0.1) is 25.3 Å². The Balaban J connectivity index is 3.32. The zero-order chi connectivity index (χ0) is 12.1. The van der Waals surface area contributed by atoms with Crippen molar-refractivity contribution in [1.82, 2.24) is 4.98 Å². The lowest BCUT2D eigenvalue weighted by molar-refractivity contribution is 0.141. The maximum atomic E-state index is 12.7. The van der Waals surface area contributed by atoms with Crippen LogP contribution in [0.2, 0.25) is 0 Å². The molecule has 0 atom stereocenters. The molecule has 0 aliphatic carbocycles. The van der Waals surface area contributed by atoms with Gasteiger partial charge in [-0.25, -0.2) is 13.8 Å². The number of nitrogens with zero attached hydrogens (tertiary/aromatic N) is 2. The molecule has 0 saturated heterocycles. The first-order valence-electron chi connectivity index (χ1n) is 4.55. The SMILES string of the molecule is COc1c(CN)cc(CC#N)nc1C(F)F. The van der Waals surface area contributed by atoms with Crippen LogP contribution in [0.1, 0.15) is 23.4 Å². The van der Waals surface area contributed by atoms with E-state index in [1.165, 1.54) is 13.2 Å². The van der Waals surface area contributed by atoms with Crippen LogP contribution < -0.4 is 10.5 Å². The Morgan fingerprint density at radius 3 is 2.75 bits per heavy atom. The third kappa shape index (κ3) is 2.44. The first kappa shape index (κ1) is 12.3. The second-order valence-electron chi connectivity index (χ2n) is 3.03. The van der Waals surface area contributed by atoms with E-state index in [2.05, 4.69) is 4.98 Å². The fourth-order valence-corrected chi connectivity index (χ4v) is 1.38. The van der Waals surface area contributed by atoms with Crippen LogP contribution in [0, 0.1) is 11.3 Å². The number of halogens is 2. The summed E-state index contributed by atoms with van der Waals surface area (Å²) in [4.78, 5) is 3.69. The highest BCUT2D eigenvalue weighted by Gasteiger charge is 2.20. The molecule has 0 saturated carbocycles. The van der Waals surface area contributed by atoms with Crippen molar-refractivity contribution in [2.45, 2.75) is 19.4 Å². The Hall–Kier alpha value is -1.74.